The van der Waals surface area contributed by atoms with Crippen LogP contribution in [0.3, 0.4) is 0 Å². The molecule has 0 fully saturated rings. The van der Waals surface area contributed by atoms with Gasteiger partial charge >= 0.3 is 11.6 Å². The number of hydrogen-bond acceptors (Lipinski definition) is 5. The summed E-state index contributed by atoms with van der Waals surface area (Å²) >= 11 is 0. The van der Waals surface area contributed by atoms with E-state index in [1.807, 2.05) is 0 Å². The van der Waals surface area contributed by atoms with E-state index in [0.717, 1.165) is 12.1 Å². The zero-order valence-corrected chi connectivity index (χ0v) is 12.7. The number of phenols is 1. The fraction of sp³-hybridized carbons (Fsp3) is 0.111. The SMILES string of the molecule is Cc1c(O)ccc2c(COC(=O)c3ccc(F)cc3)cc(=O)oc12. The minimum atomic E-state index is -0.633. The molecule has 0 spiro atoms. The normalized spacial score (nSPS) is 10.8. The van der Waals surface area contributed by atoms with Gasteiger partial charge in [0.2, 0.25) is 0 Å². The van der Waals surface area contributed by atoms with E-state index in [-0.39, 0.29) is 23.5 Å². The van der Waals surface area contributed by atoms with Gasteiger partial charge in [-0.15, -0.1) is 0 Å². The average Bonchev–Trinajstić information content (AvgIpc) is 2.56. The molecule has 0 saturated carbocycles. The molecule has 3 rings (SSSR count). The molecule has 0 atom stereocenters. The van der Waals surface area contributed by atoms with Crippen LogP contribution < -0.4 is 5.63 Å². The van der Waals surface area contributed by atoms with Gasteiger partial charge in [0, 0.05) is 22.6 Å². The van der Waals surface area contributed by atoms with E-state index in [1.165, 1.54) is 24.3 Å². The van der Waals surface area contributed by atoms with E-state index in [1.54, 1.807) is 13.0 Å². The quantitative estimate of drug-likeness (QED) is 0.590. The molecular formula is C18H13FO5. The van der Waals surface area contributed by atoms with Gasteiger partial charge in [-0.2, -0.15) is 0 Å². The number of phenolic OH excluding ortho intramolecular Hbond substituents is 1. The Morgan fingerprint density at radius 1 is 1.21 bits per heavy atom. The monoisotopic (exact) mass is 328 g/mol. The van der Waals surface area contributed by atoms with E-state index < -0.39 is 17.4 Å². The molecule has 24 heavy (non-hydrogen) atoms. The van der Waals surface area contributed by atoms with Gasteiger partial charge in [0.1, 0.15) is 23.8 Å². The van der Waals surface area contributed by atoms with Crippen LogP contribution in [0.1, 0.15) is 21.5 Å². The smallest absolute Gasteiger partial charge is 0.338 e. The molecule has 1 heterocycles. The predicted molar refractivity (Wildman–Crippen MR) is 84.4 cm³/mol. The van der Waals surface area contributed by atoms with Crippen molar-refractivity contribution in [3.8, 4) is 5.75 Å². The van der Waals surface area contributed by atoms with E-state index in [9.17, 15) is 19.1 Å². The Hall–Kier alpha value is -3.15. The van der Waals surface area contributed by atoms with Gasteiger partial charge in [0.25, 0.3) is 0 Å². The van der Waals surface area contributed by atoms with Gasteiger partial charge in [0.05, 0.1) is 5.56 Å². The van der Waals surface area contributed by atoms with E-state index in [0.29, 0.717) is 16.5 Å². The third-order valence-corrected chi connectivity index (χ3v) is 3.66. The number of esters is 1. The number of benzene rings is 2. The number of aryl methyl sites for hydroxylation is 1. The van der Waals surface area contributed by atoms with Crippen LogP contribution in [-0.2, 0) is 11.3 Å². The maximum absolute atomic E-state index is 12.9. The van der Waals surface area contributed by atoms with E-state index in [4.69, 9.17) is 9.15 Å². The second-order valence-electron chi connectivity index (χ2n) is 5.26. The zero-order valence-electron chi connectivity index (χ0n) is 12.7. The number of carbonyl (C=O) groups is 1. The van der Waals surface area contributed by atoms with Crippen LogP contribution in [0.15, 0.2) is 51.7 Å². The van der Waals surface area contributed by atoms with E-state index in [2.05, 4.69) is 0 Å². The van der Waals surface area contributed by atoms with Gasteiger partial charge in [0.15, 0.2) is 0 Å². The Morgan fingerprint density at radius 3 is 2.62 bits per heavy atom. The maximum atomic E-state index is 12.9. The molecule has 0 radical (unpaired) electrons. The number of rotatable bonds is 3. The summed E-state index contributed by atoms with van der Waals surface area (Å²) in [6, 6.07) is 9.25. The molecule has 0 amide bonds. The molecule has 0 aliphatic rings. The van der Waals surface area contributed by atoms with Gasteiger partial charge < -0.3 is 14.3 Å². The van der Waals surface area contributed by atoms with Crippen LogP contribution in [0.2, 0.25) is 0 Å². The first-order valence-corrected chi connectivity index (χ1v) is 7.13. The number of aromatic hydroxyl groups is 1. The summed E-state index contributed by atoms with van der Waals surface area (Å²) in [5, 5.41) is 10.3. The molecule has 1 aromatic heterocycles. The maximum Gasteiger partial charge on any atom is 0.338 e. The van der Waals surface area contributed by atoms with Crippen LogP contribution in [0.4, 0.5) is 4.39 Å². The summed E-state index contributed by atoms with van der Waals surface area (Å²) in [5.41, 5.74) is 0.730. The van der Waals surface area contributed by atoms with Crippen molar-refractivity contribution >= 4 is 16.9 Å². The van der Waals surface area contributed by atoms with Crippen molar-refractivity contribution in [3.05, 3.63) is 75.4 Å². The summed E-state index contributed by atoms with van der Waals surface area (Å²) in [6.45, 7) is 1.47. The van der Waals surface area contributed by atoms with Crippen LogP contribution in [0.25, 0.3) is 11.0 Å². The second-order valence-corrected chi connectivity index (χ2v) is 5.26. The lowest BCUT2D eigenvalue weighted by Crippen LogP contribution is -2.08. The van der Waals surface area contributed by atoms with Crippen LogP contribution in [-0.4, -0.2) is 11.1 Å². The molecule has 0 aliphatic heterocycles. The van der Waals surface area contributed by atoms with Crippen molar-refractivity contribution in [3.63, 3.8) is 0 Å². The second kappa shape index (κ2) is 6.16. The molecule has 2 aromatic carbocycles. The fourth-order valence-electron chi connectivity index (χ4n) is 2.35. The zero-order chi connectivity index (χ0) is 17.3. The van der Waals surface area contributed by atoms with Crippen molar-refractivity contribution in [2.75, 3.05) is 0 Å². The Bertz CT molecular complexity index is 973. The first-order valence-electron chi connectivity index (χ1n) is 7.13. The predicted octanol–water partition coefficient (Wildman–Crippen LogP) is 3.30. The first kappa shape index (κ1) is 15.7. The molecule has 0 aliphatic carbocycles. The Labute approximate surface area is 135 Å². The number of carbonyl (C=O) groups excluding carboxylic acids is 1. The lowest BCUT2D eigenvalue weighted by Gasteiger charge is -2.09. The first-order chi connectivity index (χ1) is 11.5. The Balaban J connectivity index is 1.90. The highest BCUT2D eigenvalue weighted by atomic mass is 19.1. The third-order valence-electron chi connectivity index (χ3n) is 3.66. The highest BCUT2D eigenvalue weighted by Crippen LogP contribution is 2.27. The summed E-state index contributed by atoms with van der Waals surface area (Å²) in [5.74, 6) is -1.08. The Morgan fingerprint density at radius 2 is 1.92 bits per heavy atom. The molecule has 0 saturated heterocycles. The molecule has 0 unspecified atom stereocenters. The lowest BCUT2D eigenvalue weighted by molar-refractivity contribution is 0.0473. The minimum Gasteiger partial charge on any atom is -0.508 e. The molecular weight excluding hydrogens is 315 g/mol. The van der Waals surface area contributed by atoms with E-state index >= 15 is 0 Å². The highest BCUT2D eigenvalue weighted by molar-refractivity contribution is 5.90. The topological polar surface area (TPSA) is 76.7 Å². The molecule has 6 heteroatoms. The molecule has 5 nitrogen and oxygen atoms in total. The number of ether oxygens (including phenoxy) is 1. The molecule has 122 valence electrons. The molecule has 1 N–H and O–H groups in total. The van der Waals surface area contributed by atoms with Crippen molar-refractivity contribution < 1.29 is 23.4 Å². The summed E-state index contributed by atoms with van der Waals surface area (Å²) in [4.78, 5) is 23.7. The van der Waals surface area contributed by atoms with Crippen LogP contribution >= 0.6 is 0 Å². The van der Waals surface area contributed by atoms with Crippen LogP contribution in [0, 0.1) is 12.7 Å². The summed E-state index contributed by atoms with van der Waals surface area (Å²) < 4.78 is 23.2. The van der Waals surface area contributed by atoms with Crippen molar-refractivity contribution in [2.45, 2.75) is 13.5 Å². The third kappa shape index (κ3) is 2.99. The van der Waals surface area contributed by atoms with Crippen LogP contribution in [0.5, 0.6) is 5.75 Å². The standard InChI is InChI=1S/C18H13FO5/c1-10-15(20)7-6-14-12(8-16(21)24-17(10)14)9-23-18(22)11-2-4-13(19)5-3-11/h2-8,20H,9H2,1H3. The molecule has 3 aromatic rings. The lowest BCUT2D eigenvalue weighted by atomic mass is 10.1. The number of hydrogen-bond donors (Lipinski definition) is 1. The fourth-order valence-corrected chi connectivity index (χ4v) is 2.35. The number of fused-ring (bicyclic) bond motifs is 1. The largest absolute Gasteiger partial charge is 0.508 e. The van der Waals surface area contributed by atoms with Gasteiger partial charge in [-0.25, -0.2) is 14.0 Å². The van der Waals surface area contributed by atoms with Gasteiger partial charge in [-0.05, 0) is 43.3 Å². The van der Waals surface area contributed by atoms with Crippen molar-refractivity contribution in [1.82, 2.24) is 0 Å². The number of halogens is 1. The van der Waals surface area contributed by atoms with Gasteiger partial charge in [-0.1, -0.05) is 0 Å². The van der Waals surface area contributed by atoms with Gasteiger partial charge in [-0.3, -0.25) is 0 Å². The highest BCUT2D eigenvalue weighted by Gasteiger charge is 2.13. The minimum absolute atomic E-state index is 0.00565. The summed E-state index contributed by atoms with van der Waals surface area (Å²) in [7, 11) is 0. The molecule has 0 bridgehead atoms. The van der Waals surface area contributed by atoms with Crippen molar-refractivity contribution in [1.29, 1.82) is 0 Å². The Kier molecular flexibility index (Phi) is 4.04. The summed E-state index contributed by atoms with van der Waals surface area (Å²) in [6.07, 6.45) is 0. The average molecular weight is 328 g/mol. The van der Waals surface area contributed by atoms with Crippen molar-refractivity contribution in [2.24, 2.45) is 0 Å².